The van der Waals surface area contributed by atoms with Crippen molar-refractivity contribution in [1.29, 1.82) is 0 Å². The number of rotatable bonds is 1. The first-order valence-corrected chi connectivity index (χ1v) is 2.14. The van der Waals surface area contributed by atoms with E-state index in [1.807, 2.05) is 0 Å². The van der Waals surface area contributed by atoms with Crippen molar-refractivity contribution in [3.63, 3.8) is 0 Å². The van der Waals surface area contributed by atoms with Crippen molar-refractivity contribution >= 4 is 4.00 Å². The van der Waals surface area contributed by atoms with Crippen LogP contribution in [0, 0.1) is 0 Å². The van der Waals surface area contributed by atoms with Gasteiger partial charge in [-0.15, -0.1) is 0 Å². The van der Waals surface area contributed by atoms with Crippen LogP contribution in [0.15, 0.2) is 12.7 Å². The zero-order chi connectivity index (χ0) is 4.28. The second-order valence-electron chi connectivity index (χ2n) is 0.471. The summed E-state index contributed by atoms with van der Waals surface area (Å²) in [6, 6.07) is 0. The van der Waals surface area contributed by atoms with E-state index in [1.165, 1.54) is 6.08 Å². The molecule has 0 aromatic carbocycles. The summed E-state index contributed by atoms with van der Waals surface area (Å²) in [7, 11) is 0. The Hall–Kier alpha value is 1.31. The van der Waals surface area contributed by atoms with Gasteiger partial charge in [0.2, 0.25) is 0 Å². The van der Waals surface area contributed by atoms with Gasteiger partial charge in [-0.3, -0.25) is 0 Å². The molecule has 0 aliphatic carbocycles. The fourth-order valence-electron chi connectivity index (χ4n) is 0. The van der Waals surface area contributed by atoms with E-state index in [0.717, 1.165) is 0 Å². The third kappa shape index (κ3) is 18.8. The molecule has 52 valence electrons. The van der Waals surface area contributed by atoms with Gasteiger partial charge in [0.15, 0.2) is 0 Å². The van der Waals surface area contributed by atoms with Gasteiger partial charge in [-0.05, 0) is 0 Å². The van der Waals surface area contributed by atoms with Crippen molar-refractivity contribution in [2.45, 2.75) is 0 Å². The molecule has 4 heteroatoms. The van der Waals surface area contributed by atoms with Gasteiger partial charge in [0.1, 0.15) is 0 Å². The first-order valence-electron chi connectivity index (χ1n) is 1.05. The predicted molar refractivity (Wildman–Crippen MR) is 15.2 cm³/mol. The average molecular weight is 417 g/mol. The van der Waals surface area contributed by atoms with Crippen LogP contribution in [0.25, 0.3) is 0 Å². The summed E-state index contributed by atoms with van der Waals surface area (Å²) in [5.74, 6) is 0. The second-order valence-corrected chi connectivity index (χ2v) is 1.54. The van der Waals surface area contributed by atoms with Crippen molar-refractivity contribution in [3.05, 3.63) is 12.7 Å². The molecule has 0 saturated heterocycles. The molecule has 0 heterocycles. The maximum atomic E-state index is 9.67. The van der Waals surface area contributed by atoms with E-state index >= 15 is 0 Å². The molecule has 1 nitrogen and oxygen atoms in total. The quantitative estimate of drug-likeness (QED) is 0.442. The normalized spacial score (nSPS) is 4.86. The van der Waals surface area contributed by atoms with Crippen molar-refractivity contribution < 1.29 is 62.8 Å². The standard InChI is InChI=1S/C3H3O.Au.Ni.Pd/c1-2-3-4;;;/h2H,1H2;;;. The third-order valence-electron chi connectivity index (χ3n) is 0.145. The zero-order valence-electron chi connectivity index (χ0n) is 3.13. The smallest absolute Gasteiger partial charge is 0 e. The Bertz CT molecular complexity index is 66.0. The molecule has 0 aliphatic rings. The molecule has 0 aliphatic heterocycles. The third-order valence-corrected chi connectivity index (χ3v) is 0.587. The van der Waals surface area contributed by atoms with Gasteiger partial charge in [-0.25, -0.2) is 0 Å². The Morgan fingerprint density at radius 2 is 1.86 bits per heavy atom. The van der Waals surface area contributed by atoms with Gasteiger partial charge < -0.3 is 0 Å². The van der Waals surface area contributed by atoms with Crippen LogP contribution in [0.1, 0.15) is 0 Å². The molecule has 0 radical (unpaired) electrons. The van der Waals surface area contributed by atoms with Crippen LogP contribution in [-0.2, 0) is 62.8 Å². The summed E-state index contributed by atoms with van der Waals surface area (Å²) in [6.07, 6.45) is 1.25. The molecular weight excluding hydrogens is 414 g/mol. The molecule has 0 aromatic rings. The Balaban J connectivity index is -0.0000000800. The van der Waals surface area contributed by atoms with Gasteiger partial charge >= 0.3 is 42.5 Å². The minimum atomic E-state index is -0.0370. The van der Waals surface area contributed by atoms with E-state index in [-0.39, 0.29) is 40.9 Å². The molecule has 0 rings (SSSR count). The Kier molecular flexibility index (Phi) is 23.2. The van der Waals surface area contributed by atoms with E-state index in [0.29, 0.717) is 0 Å². The largest absolute Gasteiger partial charge is 0 e. The number of carbonyl (C=O) groups excluding carboxylic acids is 1. The maximum absolute atomic E-state index is 9.67. The van der Waals surface area contributed by atoms with Crippen LogP contribution < -0.4 is 0 Å². The summed E-state index contributed by atoms with van der Waals surface area (Å²) in [6.45, 7) is 3.20. The molecule has 0 amide bonds. The van der Waals surface area contributed by atoms with Gasteiger partial charge in [-0.1, -0.05) is 0 Å². The summed E-state index contributed by atoms with van der Waals surface area (Å²) < 4.78 is -0.0370. The number of carbonyl (C=O) groups is 1. The molecule has 0 saturated carbocycles. The molecule has 0 bridgehead atoms. The first-order chi connectivity index (χ1) is 2.27. The van der Waals surface area contributed by atoms with Crippen LogP contribution in [0.2, 0.25) is 0 Å². The minimum absolute atomic E-state index is 0. The van der Waals surface area contributed by atoms with Gasteiger partial charge in [0.05, 0.1) is 0 Å². The predicted octanol–water partition coefficient (Wildman–Crippen LogP) is 0.241. The van der Waals surface area contributed by atoms with Gasteiger partial charge in [0, 0.05) is 36.9 Å². The van der Waals surface area contributed by atoms with Crippen molar-refractivity contribution in [3.8, 4) is 0 Å². The summed E-state index contributed by atoms with van der Waals surface area (Å²) in [5, 5.41) is 0. The van der Waals surface area contributed by atoms with Crippen LogP contribution >= 0.6 is 0 Å². The van der Waals surface area contributed by atoms with Crippen molar-refractivity contribution in [1.82, 2.24) is 0 Å². The zero-order valence-corrected chi connectivity index (χ0v) is 7.84. The molecule has 0 N–H and O–H groups in total. The van der Waals surface area contributed by atoms with Gasteiger partial charge in [0.25, 0.3) is 0 Å². The number of hydrogen-bond acceptors (Lipinski definition) is 1. The second kappa shape index (κ2) is 10.3. The van der Waals surface area contributed by atoms with Crippen LogP contribution in [0.4, 0.5) is 0 Å². The minimum Gasteiger partial charge on any atom is 0 e. The molecule has 0 atom stereocenters. The van der Waals surface area contributed by atoms with E-state index in [1.54, 1.807) is 21.1 Å². The van der Waals surface area contributed by atoms with Gasteiger partial charge in [-0.2, -0.15) is 0 Å². The molecule has 0 unspecified atom stereocenters. The fourth-order valence-corrected chi connectivity index (χ4v) is 0. The van der Waals surface area contributed by atoms with E-state index in [4.69, 9.17) is 0 Å². The topological polar surface area (TPSA) is 17.1 Å². The Morgan fingerprint density at radius 1 is 1.71 bits per heavy atom. The molecule has 0 aromatic heterocycles. The molecule has 0 fully saturated rings. The van der Waals surface area contributed by atoms with E-state index in [2.05, 4.69) is 6.58 Å². The summed E-state index contributed by atoms with van der Waals surface area (Å²) in [4.78, 5) is 9.67. The molecule has 0 spiro atoms. The number of hydrogen-bond donors (Lipinski definition) is 0. The van der Waals surface area contributed by atoms with Crippen LogP contribution in [0.5, 0.6) is 0 Å². The average Bonchev–Trinajstić information content (AvgIpc) is 1.38. The fraction of sp³-hybridized carbons (Fsp3) is 0. The Labute approximate surface area is 78.8 Å². The van der Waals surface area contributed by atoms with Crippen molar-refractivity contribution in [2.24, 2.45) is 0 Å². The van der Waals surface area contributed by atoms with E-state index < -0.39 is 0 Å². The summed E-state index contributed by atoms with van der Waals surface area (Å²) in [5.41, 5.74) is 0. The SMILES string of the molecule is C=C[C](=O)[Au].[Ni].[Pd]. The molecular formula is C3H3AuNiOPd. The summed E-state index contributed by atoms with van der Waals surface area (Å²) >= 11 is 1.81. The number of allylic oxidation sites excluding steroid dienone is 1. The van der Waals surface area contributed by atoms with E-state index in [9.17, 15) is 4.79 Å². The monoisotopic (exact) mass is 416 g/mol. The first kappa shape index (κ1) is 15.7. The Morgan fingerprint density at radius 3 is 1.86 bits per heavy atom. The van der Waals surface area contributed by atoms with Crippen LogP contribution in [-0.4, -0.2) is 4.00 Å². The van der Waals surface area contributed by atoms with Crippen molar-refractivity contribution in [2.75, 3.05) is 0 Å². The molecule has 7 heavy (non-hydrogen) atoms. The van der Waals surface area contributed by atoms with Crippen LogP contribution in [0.3, 0.4) is 0 Å². The maximum Gasteiger partial charge on any atom is 0 e.